The summed E-state index contributed by atoms with van der Waals surface area (Å²) in [7, 11) is 0. The van der Waals surface area contributed by atoms with E-state index < -0.39 is 5.41 Å². The Morgan fingerprint density at radius 2 is 1.85 bits per heavy atom. The molecule has 1 fully saturated rings. The molecule has 1 aliphatic rings. The Hall–Kier alpha value is -2.73. The Bertz CT molecular complexity index is 952. The van der Waals surface area contributed by atoms with Crippen LogP contribution in [0.15, 0.2) is 54.6 Å². The topological polar surface area (TPSA) is 62.3 Å². The maximum absolute atomic E-state index is 13.0. The van der Waals surface area contributed by atoms with Gasteiger partial charge in [0.05, 0.1) is 15.6 Å². The number of carbonyl (C=O) groups excluding carboxylic acids is 2. The highest BCUT2D eigenvalue weighted by molar-refractivity contribution is 7.22. The van der Waals surface area contributed by atoms with E-state index in [0.717, 1.165) is 23.1 Å². The molecule has 27 heavy (non-hydrogen) atoms. The maximum atomic E-state index is 13.0. The number of anilines is 1. The number of rotatable bonds is 3. The highest BCUT2D eigenvalue weighted by Crippen LogP contribution is 2.33. The van der Waals surface area contributed by atoms with Crippen LogP contribution in [0.25, 0.3) is 10.2 Å². The standard InChI is InChI=1S/C21H21N3O2S/c1-21(19(26)23-20-22-16-10-5-6-11-17(16)27-20)12-7-13-24(14-21)18(25)15-8-3-2-4-9-15/h2-6,8-11H,7,12-14H2,1H3,(H,22,23,26). The summed E-state index contributed by atoms with van der Waals surface area (Å²) < 4.78 is 1.04. The molecule has 2 heterocycles. The SMILES string of the molecule is CC1(C(=O)Nc2nc3ccccc3s2)CCCN(C(=O)c2ccccc2)C1. The lowest BCUT2D eigenvalue weighted by Gasteiger charge is -2.39. The smallest absolute Gasteiger partial charge is 0.253 e. The van der Waals surface area contributed by atoms with E-state index >= 15 is 0 Å². The fourth-order valence-corrected chi connectivity index (χ4v) is 4.40. The van der Waals surface area contributed by atoms with Crippen LogP contribution in [0.2, 0.25) is 0 Å². The van der Waals surface area contributed by atoms with Crippen molar-refractivity contribution in [3.05, 3.63) is 60.2 Å². The molecule has 1 atom stereocenters. The fourth-order valence-electron chi connectivity index (χ4n) is 3.54. The van der Waals surface area contributed by atoms with E-state index in [1.807, 2.05) is 61.5 Å². The zero-order chi connectivity index (χ0) is 18.9. The summed E-state index contributed by atoms with van der Waals surface area (Å²) in [6.07, 6.45) is 1.56. The molecular formula is C21H21N3O2S. The summed E-state index contributed by atoms with van der Waals surface area (Å²) in [5.41, 5.74) is 0.918. The van der Waals surface area contributed by atoms with Crippen LogP contribution >= 0.6 is 11.3 Å². The number of carbonyl (C=O) groups is 2. The number of thiazole rings is 1. The molecule has 1 aromatic heterocycles. The molecule has 0 spiro atoms. The molecule has 6 heteroatoms. The van der Waals surface area contributed by atoms with Crippen LogP contribution < -0.4 is 5.32 Å². The quantitative estimate of drug-likeness (QED) is 0.743. The van der Waals surface area contributed by atoms with Crippen LogP contribution in [0, 0.1) is 5.41 Å². The molecule has 3 aromatic rings. The van der Waals surface area contributed by atoms with Gasteiger partial charge in [0, 0.05) is 18.7 Å². The summed E-state index contributed by atoms with van der Waals surface area (Å²) in [6.45, 7) is 3.02. The molecule has 5 nitrogen and oxygen atoms in total. The number of nitrogens with zero attached hydrogens (tertiary/aromatic N) is 2. The van der Waals surface area contributed by atoms with E-state index in [2.05, 4.69) is 10.3 Å². The minimum absolute atomic E-state index is 0.0192. The Morgan fingerprint density at radius 3 is 2.63 bits per heavy atom. The molecule has 2 aromatic carbocycles. The number of hydrogen-bond donors (Lipinski definition) is 1. The molecule has 0 saturated carbocycles. The second kappa shape index (κ2) is 7.12. The summed E-state index contributed by atoms with van der Waals surface area (Å²) in [6, 6.07) is 17.1. The molecule has 0 aliphatic carbocycles. The molecule has 0 radical (unpaired) electrons. The van der Waals surface area contributed by atoms with Gasteiger partial charge in [0.25, 0.3) is 5.91 Å². The van der Waals surface area contributed by atoms with Crippen LogP contribution in [0.5, 0.6) is 0 Å². The number of amides is 2. The molecule has 1 unspecified atom stereocenters. The third-order valence-electron chi connectivity index (χ3n) is 5.07. The van der Waals surface area contributed by atoms with Crippen molar-refractivity contribution < 1.29 is 9.59 Å². The molecule has 1 aliphatic heterocycles. The van der Waals surface area contributed by atoms with Crippen LogP contribution in [-0.2, 0) is 4.79 Å². The van der Waals surface area contributed by atoms with Gasteiger partial charge in [0.15, 0.2) is 5.13 Å². The van der Waals surface area contributed by atoms with Gasteiger partial charge in [0.2, 0.25) is 5.91 Å². The monoisotopic (exact) mass is 379 g/mol. The number of fused-ring (bicyclic) bond motifs is 1. The predicted octanol–water partition coefficient (Wildman–Crippen LogP) is 4.18. The summed E-state index contributed by atoms with van der Waals surface area (Å²) in [5, 5.41) is 3.58. The Balaban J connectivity index is 1.49. The van der Waals surface area contributed by atoms with Gasteiger partial charge >= 0.3 is 0 Å². The molecule has 0 bridgehead atoms. The zero-order valence-corrected chi connectivity index (χ0v) is 16.0. The van der Waals surface area contributed by atoms with E-state index in [4.69, 9.17) is 0 Å². The van der Waals surface area contributed by atoms with Gasteiger partial charge in [-0.1, -0.05) is 41.7 Å². The molecule has 4 rings (SSSR count). The minimum atomic E-state index is -0.624. The first-order valence-corrected chi connectivity index (χ1v) is 9.88. The second-order valence-corrected chi connectivity index (χ2v) is 8.23. The Labute approximate surface area is 162 Å². The number of hydrogen-bond acceptors (Lipinski definition) is 4. The van der Waals surface area contributed by atoms with Crippen molar-refractivity contribution in [3.63, 3.8) is 0 Å². The van der Waals surface area contributed by atoms with E-state index in [0.29, 0.717) is 23.8 Å². The van der Waals surface area contributed by atoms with Crippen molar-refractivity contribution in [1.82, 2.24) is 9.88 Å². The van der Waals surface area contributed by atoms with Gasteiger partial charge in [-0.05, 0) is 44.0 Å². The van der Waals surface area contributed by atoms with Gasteiger partial charge in [-0.2, -0.15) is 0 Å². The average Bonchev–Trinajstić information content (AvgIpc) is 3.10. The molecule has 1 saturated heterocycles. The van der Waals surface area contributed by atoms with Crippen LogP contribution in [0.1, 0.15) is 30.1 Å². The largest absolute Gasteiger partial charge is 0.338 e. The van der Waals surface area contributed by atoms with Crippen molar-refractivity contribution in [2.24, 2.45) is 5.41 Å². The normalized spacial score (nSPS) is 19.8. The van der Waals surface area contributed by atoms with E-state index in [1.54, 1.807) is 4.90 Å². The number of para-hydroxylation sites is 1. The number of likely N-dealkylation sites (tertiary alicyclic amines) is 1. The molecule has 138 valence electrons. The highest BCUT2D eigenvalue weighted by atomic mass is 32.1. The minimum Gasteiger partial charge on any atom is -0.338 e. The van der Waals surface area contributed by atoms with Crippen molar-refractivity contribution >= 4 is 38.5 Å². The first-order chi connectivity index (χ1) is 13.0. The Morgan fingerprint density at radius 1 is 1.11 bits per heavy atom. The molecule has 1 N–H and O–H groups in total. The maximum Gasteiger partial charge on any atom is 0.253 e. The average molecular weight is 379 g/mol. The number of benzene rings is 2. The van der Waals surface area contributed by atoms with Crippen molar-refractivity contribution in [3.8, 4) is 0 Å². The first kappa shape index (κ1) is 17.7. The van der Waals surface area contributed by atoms with Gasteiger partial charge in [-0.3, -0.25) is 9.59 Å². The fraction of sp³-hybridized carbons (Fsp3) is 0.286. The molecule has 2 amide bonds. The lowest BCUT2D eigenvalue weighted by Crippen LogP contribution is -2.50. The van der Waals surface area contributed by atoms with Crippen LogP contribution in [-0.4, -0.2) is 34.8 Å². The van der Waals surface area contributed by atoms with Gasteiger partial charge in [-0.15, -0.1) is 0 Å². The summed E-state index contributed by atoms with van der Waals surface area (Å²) in [5.74, 6) is -0.0959. The lowest BCUT2D eigenvalue weighted by molar-refractivity contribution is -0.127. The number of piperidine rings is 1. The summed E-state index contributed by atoms with van der Waals surface area (Å²) >= 11 is 1.47. The van der Waals surface area contributed by atoms with E-state index in [9.17, 15) is 9.59 Å². The van der Waals surface area contributed by atoms with Crippen LogP contribution in [0.3, 0.4) is 0 Å². The van der Waals surface area contributed by atoms with E-state index in [-0.39, 0.29) is 11.8 Å². The van der Waals surface area contributed by atoms with Crippen molar-refractivity contribution in [2.45, 2.75) is 19.8 Å². The highest BCUT2D eigenvalue weighted by Gasteiger charge is 2.39. The van der Waals surface area contributed by atoms with Crippen molar-refractivity contribution in [2.75, 3.05) is 18.4 Å². The van der Waals surface area contributed by atoms with Crippen LogP contribution in [0.4, 0.5) is 5.13 Å². The number of aromatic nitrogens is 1. The van der Waals surface area contributed by atoms with Gasteiger partial charge in [-0.25, -0.2) is 4.98 Å². The van der Waals surface area contributed by atoms with Crippen molar-refractivity contribution in [1.29, 1.82) is 0 Å². The predicted molar refractivity (Wildman–Crippen MR) is 108 cm³/mol. The van der Waals surface area contributed by atoms with E-state index in [1.165, 1.54) is 11.3 Å². The first-order valence-electron chi connectivity index (χ1n) is 9.06. The van der Waals surface area contributed by atoms with Gasteiger partial charge in [0.1, 0.15) is 0 Å². The van der Waals surface area contributed by atoms with Gasteiger partial charge < -0.3 is 10.2 Å². The zero-order valence-electron chi connectivity index (χ0n) is 15.1. The second-order valence-electron chi connectivity index (χ2n) is 7.20. The Kier molecular flexibility index (Phi) is 4.66. The molecular weight excluding hydrogens is 358 g/mol. The number of nitrogens with one attached hydrogen (secondary N) is 1. The summed E-state index contributed by atoms with van der Waals surface area (Å²) in [4.78, 5) is 32.0. The lowest BCUT2D eigenvalue weighted by atomic mass is 9.80. The third-order valence-corrected chi connectivity index (χ3v) is 6.02. The third kappa shape index (κ3) is 3.57.